The summed E-state index contributed by atoms with van der Waals surface area (Å²) in [6.07, 6.45) is 0. The van der Waals surface area contributed by atoms with Gasteiger partial charge in [0.2, 0.25) is 12.1 Å². The normalized spacial score (nSPS) is 37.3. The van der Waals surface area contributed by atoms with Gasteiger partial charge in [-0.25, -0.2) is 0 Å². The third kappa shape index (κ3) is 5.93. The first-order chi connectivity index (χ1) is 11.3. The predicted molar refractivity (Wildman–Crippen MR) is 91.4 cm³/mol. The summed E-state index contributed by atoms with van der Waals surface area (Å²) in [6, 6.07) is -2.70. The Morgan fingerprint density at radius 1 is 0.625 bits per heavy atom. The van der Waals surface area contributed by atoms with Crippen LogP contribution in [-0.2, 0) is 0 Å². The van der Waals surface area contributed by atoms with E-state index in [1.165, 1.54) is 0 Å². The van der Waals surface area contributed by atoms with Crippen LogP contribution < -0.4 is 21.3 Å². The molecule has 4 atom stereocenters. The number of hydrogen-bond donors (Lipinski definition) is 4. The van der Waals surface area contributed by atoms with E-state index in [1.807, 2.05) is 0 Å². The van der Waals surface area contributed by atoms with Crippen LogP contribution in [0.5, 0.6) is 0 Å². The van der Waals surface area contributed by atoms with Crippen molar-refractivity contribution in [1.29, 1.82) is 0 Å². The van der Waals surface area contributed by atoms with Crippen LogP contribution in [0.4, 0.5) is 0 Å². The van der Waals surface area contributed by atoms with E-state index in [2.05, 4.69) is 21.3 Å². The van der Waals surface area contributed by atoms with Gasteiger partial charge in [0, 0.05) is 36.0 Å². The molecule has 4 N–H and O–H groups in total. The Morgan fingerprint density at radius 3 is 1.00 bits per heavy atom. The molecule has 0 saturated carbocycles. The molecule has 0 aliphatic carbocycles. The van der Waals surface area contributed by atoms with Crippen LogP contribution in [0.2, 0.25) is 0 Å². The molecule has 24 heavy (non-hydrogen) atoms. The van der Waals surface area contributed by atoms with Crippen molar-refractivity contribution in [3.63, 3.8) is 0 Å². The maximum Gasteiger partial charge on any atom is 0.242 e. The molecule has 0 aromatic rings. The van der Waals surface area contributed by atoms with Gasteiger partial charge in [-0.2, -0.15) is 0 Å². The lowest BCUT2D eigenvalue weighted by Gasteiger charge is -2.28. The minimum absolute atomic E-state index is 0.254. The minimum Gasteiger partial charge on any atom is -0.307 e. The largest absolute Gasteiger partial charge is 0.307 e. The van der Waals surface area contributed by atoms with Crippen LogP contribution in [0.25, 0.3) is 0 Å². The van der Waals surface area contributed by atoms with Crippen LogP contribution >= 0.6 is 0 Å². The summed E-state index contributed by atoms with van der Waals surface area (Å²) in [6.45, 7) is 9.21. The van der Waals surface area contributed by atoms with Gasteiger partial charge >= 0.3 is 0 Å². The third-order valence-corrected chi connectivity index (χ3v) is 4.65. The Balaban J connectivity index is 2.80. The van der Waals surface area contributed by atoms with E-state index in [9.17, 15) is 20.2 Å². The van der Waals surface area contributed by atoms with Crippen molar-refractivity contribution in [3.05, 3.63) is 20.2 Å². The molecular formula is C14H30N6O4. The molecule has 10 heteroatoms. The van der Waals surface area contributed by atoms with Gasteiger partial charge in [-0.1, -0.05) is 0 Å². The Hall–Kier alpha value is -1.36. The van der Waals surface area contributed by atoms with Gasteiger partial charge in [-0.3, -0.25) is 20.2 Å². The highest BCUT2D eigenvalue weighted by atomic mass is 16.6. The van der Waals surface area contributed by atoms with E-state index in [1.54, 1.807) is 27.7 Å². The molecule has 0 aromatic carbocycles. The van der Waals surface area contributed by atoms with Gasteiger partial charge in [-0.05, 0) is 27.7 Å². The zero-order valence-electron chi connectivity index (χ0n) is 14.8. The summed E-state index contributed by atoms with van der Waals surface area (Å²) in [7, 11) is 0. The minimum atomic E-state index is -0.741. The molecule has 0 amide bonds. The fourth-order valence-electron chi connectivity index (χ4n) is 3.28. The number of nitro groups is 2. The maximum atomic E-state index is 11.4. The van der Waals surface area contributed by atoms with Crippen molar-refractivity contribution >= 4 is 0 Å². The second kappa shape index (κ2) is 9.82. The monoisotopic (exact) mass is 346 g/mol. The molecule has 140 valence electrons. The summed E-state index contributed by atoms with van der Waals surface area (Å²) in [4.78, 5) is 22.2. The molecule has 1 aliphatic rings. The van der Waals surface area contributed by atoms with Crippen molar-refractivity contribution in [1.82, 2.24) is 21.3 Å². The topological polar surface area (TPSA) is 134 Å². The van der Waals surface area contributed by atoms with Gasteiger partial charge in [0.05, 0.1) is 24.2 Å². The summed E-state index contributed by atoms with van der Waals surface area (Å²) in [5.74, 6) is 0. The summed E-state index contributed by atoms with van der Waals surface area (Å²) in [5, 5.41) is 35.3. The quantitative estimate of drug-likeness (QED) is 0.377. The van der Waals surface area contributed by atoms with Gasteiger partial charge in [0.25, 0.3) is 0 Å². The van der Waals surface area contributed by atoms with Crippen LogP contribution in [0.15, 0.2) is 0 Å². The highest BCUT2D eigenvalue weighted by Gasteiger charge is 2.35. The van der Waals surface area contributed by atoms with E-state index in [4.69, 9.17) is 0 Å². The summed E-state index contributed by atoms with van der Waals surface area (Å²) >= 11 is 0. The fraction of sp³-hybridized carbons (Fsp3) is 1.00. The van der Waals surface area contributed by atoms with Gasteiger partial charge < -0.3 is 21.3 Å². The Bertz CT molecular complexity index is 362. The molecule has 0 bridgehead atoms. The third-order valence-electron chi connectivity index (χ3n) is 4.65. The van der Waals surface area contributed by atoms with Crippen molar-refractivity contribution in [3.8, 4) is 0 Å². The lowest BCUT2D eigenvalue weighted by molar-refractivity contribution is -0.531. The first kappa shape index (κ1) is 20.7. The van der Waals surface area contributed by atoms with E-state index < -0.39 is 12.1 Å². The van der Waals surface area contributed by atoms with Crippen molar-refractivity contribution in [2.75, 3.05) is 26.2 Å². The summed E-state index contributed by atoms with van der Waals surface area (Å²) in [5.41, 5.74) is 0. The van der Waals surface area contributed by atoms with Crippen LogP contribution in [0.3, 0.4) is 0 Å². The highest BCUT2D eigenvalue weighted by Crippen LogP contribution is 2.06. The zero-order valence-corrected chi connectivity index (χ0v) is 14.8. The van der Waals surface area contributed by atoms with Gasteiger partial charge in [0.15, 0.2) is 0 Å². The molecule has 1 saturated heterocycles. The molecule has 1 rings (SSSR count). The molecule has 10 nitrogen and oxygen atoms in total. The smallest absolute Gasteiger partial charge is 0.242 e. The van der Waals surface area contributed by atoms with E-state index in [-0.39, 0.29) is 34.0 Å². The average Bonchev–Trinajstić information content (AvgIpc) is 2.47. The molecular weight excluding hydrogens is 316 g/mol. The lowest BCUT2D eigenvalue weighted by Crippen LogP contribution is -2.58. The zero-order chi connectivity index (χ0) is 18.3. The van der Waals surface area contributed by atoms with Crippen LogP contribution in [0.1, 0.15) is 27.7 Å². The van der Waals surface area contributed by atoms with Gasteiger partial charge in [0.1, 0.15) is 0 Å². The van der Waals surface area contributed by atoms with Crippen molar-refractivity contribution < 1.29 is 9.85 Å². The first-order valence-corrected chi connectivity index (χ1v) is 8.46. The average molecular weight is 346 g/mol. The molecule has 0 aromatic heterocycles. The number of hydrogen-bond acceptors (Lipinski definition) is 8. The SMILES string of the molecule is C[C@@H]1NCCN[C@H](C)C([N+](=O)[O-])[C@@H](C)NCCN[C@@H](C)C1[N+](=O)[O-]. The van der Waals surface area contributed by atoms with Crippen LogP contribution in [-0.4, -0.2) is 72.3 Å². The Labute approximate surface area is 142 Å². The van der Waals surface area contributed by atoms with E-state index >= 15 is 0 Å². The molecule has 1 aliphatic heterocycles. The Kier molecular flexibility index (Phi) is 8.46. The number of nitrogens with zero attached hydrogens (tertiary/aromatic N) is 2. The molecule has 0 spiro atoms. The maximum absolute atomic E-state index is 11.4. The number of rotatable bonds is 2. The van der Waals surface area contributed by atoms with Crippen molar-refractivity contribution in [2.24, 2.45) is 0 Å². The summed E-state index contributed by atoms with van der Waals surface area (Å²) < 4.78 is 0. The van der Waals surface area contributed by atoms with Crippen molar-refractivity contribution in [2.45, 2.75) is 63.9 Å². The first-order valence-electron chi connectivity index (χ1n) is 8.46. The molecule has 0 radical (unpaired) electrons. The molecule has 0 unspecified atom stereocenters. The fourth-order valence-corrected chi connectivity index (χ4v) is 3.28. The molecule has 1 heterocycles. The van der Waals surface area contributed by atoms with E-state index in [0.717, 1.165) is 0 Å². The predicted octanol–water partition coefficient (Wildman–Crippen LogP) is -0.797. The Morgan fingerprint density at radius 2 is 0.833 bits per heavy atom. The van der Waals surface area contributed by atoms with E-state index in [0.29, 0.717) is 26.2 Å². The molecule has 1 fully saturated rings. The van der Waals surface area contributed by atoms with Gasteiger partial charge in [-0.15, -0.1) is 0 Å². The number of nitrogens with one attached hydrogen (secondary N) is 4. The van der Waals surface area contributed by atoms with Crippen LogP contribution in [0, 0.1) is 20.2 Å². The second-order valence-electron chi connectivity index (χ2n) is 6.52. The highest BCUT2D eigenvalue weighted by molar-refractivity contribution is 4.85. The second-order valence-corrected chi connectivity index (χ2v) is 6.52. The standard InChI is InChI=1S/C14H30N6O4/c1-9-13(19(21)22)10(2)16-7-8-18-12(4)14(20(23)24)11(3)17-6-5-15-9/h9-18H,5-8H2,1-4H3/t9-,10-,11+,12+,13?,14?. The lowest BCUT2D eigenvalue weighted by atomic mass is 10.0.